The number of likely N-dealkylation sites (tertiary alicyclic amines) is 1. The van der Waals surface area contributed by atoms with Gasteiger partial charge in [0.1, 0.15) is 11.6 Å². The maximum atomic E-state index is 13.7. The van der Waals surface area contributed by atoms with E-state index in [1.54, 1.807) is 4.90 Å². The second-order valence-corrected chi connectivity index (χ2v) is 5.94. The van der Waals surface area contributed by atoms with Crippen molar-refractivity contribution in [2.75, 3.05) is 26.3 Å². The molecule has 6 heteroatoms. The molecular weight excluding hydrogens is 316 g/mol. The van der Waals surface area contributed by atoms with Gasteiger partial charge in [-0.2, -0.15) is 0 Å². The van der Waals surface area contributed by atoms with Gasteiger partial charge in [-0.3, -0.25) is 9.59 Å². The third-order valence-electron chi connectivity index (χ3n) is 4.30. The highest BCUT2D eigenvalue weighted by Crippen LogP contribution is 2.24. The molecule has 2 rings (SSSR count). The van der Waals surface area contributed by atoms with Crippen LogP contribution < -0.4 is 0 Å². The van der Waals surface area contributed by atoms with Crippen LogP contribution in [0.25, 0.3) is 0 Å². The molecule has 0 N–H and O–H groups in total. The molecule has 24 heavy (non-hydrogen) atoms. The molecule has 0 saturated carbocycles. The third-order valence-corrected chi connectivity index (χ3v) is 4.30. The standard InChI is InChI=1S/C18H23F2NO3/c1-2-24-11-3-4-17(22)21-9-7-13(8-10-21)18(23)15-12-14(19)5-6-16(15)20/h5-6,12-13H,2-4,7-11H2,1H3. The molecule has 1 saturated heterocycles. The van der Waals surface area contributed by atoms with Gasteiger partial charge in [0.25, 0.3) is 0 Å². The van der Waals surface area contributed by atoms with Crippen LogP contribution >= 0.6 is 0 Å². The zero-order chi connectivity index (χ0) is 17.5. The number of rotatable bonds is 7. The number of ether oxygens (including phenoxy) is 1. The minimum absolute atomic E-state index is 0.0533. The van der Waals surface area contributed by atoms with E-state index in [4.69, 9.17) is 4.74 Å². The fourth-order valence-electron chi connectivity index (χ4n) is 2.93. The molecule has 0 atom stereocenters. The number of Topliss-reactive ketones (excluding diaryl/α,β-unsaturated/α-hetero) is 1. The Morgan fingerprint density at radius 2 is 1.96 bits per heavy atom. The van der Waals surface area contributed by atoms with Crippen molar-refractivity contribution in [2.24, 2.45) is 5.92 Å². The van der Waals surface area contributed by atoms with E-state index in [1.807, 2.05) is 6.92 Å². The van der Waals surface area contributed by atoms with Gasteiger partial charge in [0, 0.05) is 38.6 Å². The molecular formula is C18H23F2NO3. The van der Waals surface area contributed by atoms with Crippen LogP contribution in [0.1, 0.15) is 43.0 Å². The first kappa shape index (κ1) is 18.5. The number of ketones is 1. The summed E-state index contributed by atoms with van der Waals surface area (Å²) in [4.78, 5) is 26.2. The number of halogens is 2. The monoisotopic (exact) mass is 339 g/mol. The minimum atomic E-state index is -0.698. The summed E-state index contributed by atoms with van der Waals surface area (Å²) in [5, 5.41) is 0. The maximum Gasteiger partial charge on any atom is 0.222 e. The van der Waals surface area contributed by atoms with Crippen molar-refractivity contribution in [2.45, 2.75) is 32.6 Å². The van der Waals surface area contributed by atoms with E-state index in [9.17, 15) is 18.4 Å². The first-order chi connectivity index (χ1) is 11.5. The van der Waals surface area contributed by atoms with E-state index in [0.29, 0.717) is 52.0 Å². The van der Waals surface area contributed by atoms with Crippen molar-refractivity contribution in [3.63, 3.8) is 0 Å². The van der Waals surface area contributed by atoms with Gasteiger partial charge in [-0.05, 0) is 44.4 Å². The number of benzene rings is 1. The number of hydrogen-bond acceptors (Lipinski definition) is 3. The van der Waals surface area contributed by atoms with Gasteiger partial charge in [0.15, 0.2) is 5.78 Å². The fourth-order valence-corrected chi connectivity index (χ4v) is 2.93. The minimum Gasteiger partial charge on any atom is -0.382 e. The largest absolute Gasteiger partial charge is 0.382 e. The van der Waals surface area contributed by atoms with Crippen LogP contribution in [-0.2, 0) is 9.53 Å². The lowest BCUT2D eigenvalue weighted by Crippen LogP contribution is -2.40. The van der Waals surface area contributed by atoms with Gasteiger partial charge in [-0.15, -0.1) is 0 Å². The Hall–Kier alpha value is -1.82. The Morgan fingerprint density at radius 3 is 2.62 bits per heavy atom. The maximum absolute atomic E-state index is 13.7. The lowest BCUT2D eigenvalue weighted by Gasteiger charge is -2.31. The zero-order valence-electron chi connectivity index (χ0n) is 13.9. The summed E-state index contributed by atoms with van der Waals surface area (Å²) in [6.07, 6.45) is 2.06. The number of amides is 1. The van der Waals surface area contributed by atoms with Gasteiger partial charge < -0.3 is 9.64 Å². The summed E-state index contributed by atoms with van der Waals surface area (Å²) in [6.45, 7) is 4.06. The van der Waals surface area contributed by atoms with Crippen molar-refractivity contribution in [3.8, 4) is 0 Å². The van der Waals surface area contributed by atoms with Crippen LogP contribution in [0.4, 0.5) is 8.78 Å². The van der Waals surface area contributed by atoms with Crippen LogP contribution in [0.2, 0.25) is 0 Å². The number of carbonyl (C=O) groups excluding carboxylic acids is 2. The van der Waals surface area contributed by atoms with E-state index >= 15 is 0 Å². The lowest BCUT2D eigenvalue weighted by molar-refractivity contribution is -0.132. The molecule has 1 amide bonds. The molecule has 0 spiro atoms. The summed E-state index contributed by atoms with van der Waals surface area (Å²) in [7, 11) is 0. The van der Waals surface area contributed by atoms with E-state index in [1.165, 1.54) is 0 Å². The molecule has 0 bridgehead atoms. The summed E-state index contributed by atoms with van der Waals surface area (Å²) < 4.78 is 32.2. The molecule has 1 fully saturated rings. The highest BCUT2D eigenvalue weighted by Gasteiger charge is 2.29. The first-order valence-corrected chi connectivity index (χ1v) is 8.37. The van der Waals surface area contributed by atoms with E-state index < -0.39 is 11.6 Å². The summed E-state index contributed by atoms with van der Waals surface area (Å²) in [6, 6.07) is 2.91. The zero-order valence-corrected chi connectivity index (χ0v) is 13.9. The molecule has 0 unspecified atom stereocenters. The van der Waals surface area contributed by atoms with E-state index in [-0.39, 0.29) is 23.2 Å². The van der Waals surface area contributed by atoms with Crippen LogP contribution in [0.5, 0.6) is 0 Å². The van der Waals surface area contributed by atoms with Gasteiger partial charge in [-0.1, -0.05) is 0 Å². The Labute approximate surface area is 140 Å². The predicted molar refractivity (Wildman–Crippen MR) is 85.7 cm³/mol. The van der Waals surface area contributed by atoms with Gasteiger partial charge in [0.2, 0.25) is 5.91 Å². The second-order valence-electron chi connectivity index (χ2n) is 5.94. The molecule has 0 aromatic heterocycles. The van der Waals surface area contributed by atoms with Crippen LogP contribution in [-0.4, -0.2) is 42.9 Å². The van der Waals surface area contributed by atoms with Crippen LogP contribution in [0.3, 0.4) is 0 Å². The third kappa shape index (κ3) is 4.84. The smallest absolute Gasteiger partial charge is 0.222 e. The molecule has 1 aromatic carbocycles. The van der Waals surface area contributed by atoms with Crippen molar-refractivity contribution in [3.05, 3.63) is 35.4 Å². The number of nitrogens with zero attached hydrogens (tertiary/aromatic N) is 1. The normalized spacial score (nSPS) is 15.5. The summed E-state index contributed by atoms with van der Waals surface area (Å²) >= 11 is 0. The molecule has 1 heterocycles. The molecule has 1 aliphatic rings. The molecule has 132 valence electrons. The van der Waals surface area contributed by atoms with Gasteiger partial charge in [0.05, 0.1) is 5.56 Å². The Kier molecular flexibility index (Phi) is 6.85. The highest BCUT2D eigenvalue weighted by molar-refractivity contribution is 5.98. The number of carbonyl (C=O) groups is 2. The van der Waals surface area contributed by atoms with Gasteiger partial charge in [-0.25, -0.2) is 8.78 Å². The van der Waals surface area contributed by atoms with Crippen molar-refractivity contribution >= 4 is 11.7 Å². The molecule has 1 aromatic rings. The Balaban J connectivity index is 1.85. The molecule has 0 radical (unpaired) electrons. The Bertz CT molecular complexity index is 584. The first-order valence-electron chi connectivity index (χ1n) is 8.37. The molecule has 0 aliphatic carbocycles. The van der Waals surface area contributed by atoms with Gasteiger partial charge >= 0.3 is 0 Å². The van der Waals surface area contributed by atoms with Crippen LogP contribution in [0, 0.1) is 17.6 Å². The second kappa shape index (κ2) is 8.87. The average molecular weight is 339 g/mol. The quantitative estimate of drug-likeness (QED) is 0.566. The fraction of sp³-hybridized carbons (Fsp3) is 0.556. The topological polar surface area (TPSA) is 46.6 Å². The highest BCUT2D eigenvalue weighted by atomic mass is 19.1. The van der Waals surface area contributed by atoms with Crippen LogP contribution in [0.15, 0.2) is 18.2 Å². The molecule has 4 nitrogen and oxygen atoms in total. The SMILES string of the molecule is CCOCCCC(=O)N1CCC(C(=O)c2cc(F)ccc2F)CC1. The summed E-state index contributed by atoms with van der Waals surface area (Å²) in [5.74, 6) is -2.01. The van der Waals surface area contributed by atoms with Crippen molar-refractivity contribution < 1.29 is 23.1 Å². The summed E-state index contributed by atoms with van der Waals surface area (Å²) in [5.41, 5.74) is -0.198. The Morgan fingerprint density at radius 1 is 1.25 bits per heavy atom. The lowest BCUT2D eigenvalue weighted by atomic mass is 9.88. The molecule has 1 aliphatic heterocycles. The average Bonchev–Trinajstić information content (AvgIpc) is 2.60. The van der Waals surface area contributed by atoms with Crippen molar-refractivity contribution in [1.29, 1.82) is 0 Å². The van der Waals surface area contributed by atoms with E-state index in [2.05, 4.69) is 0 Å². The predicted octanol–water partition coefficient (Wildman–Crippen LogP) is 3.20. The number of hydrogen-bond donors (Lipinski definition) is 0. The number of piperidine rings is 1. The van der Waals surface area contributed by atoms with Crippen molar-refractivity contribution in [1.82, 2.24) is 4.90 Å². The van der Waals surface area contributed by atoms with E-state index in [0.717, 1.165) is 18.2 Å².